The number of nitrogens with two attached hydrogens (primary N) is 1. The van der Waals surface area contributed by atoms with Crippen molar-refractivity contribution >= 4 is 11.3 Å². The van der Waals surface area contributed by atoms with Gasteiger partial charge in [0.05, 0.1) is 29.5 Å². The Morgan fingerprint density at radius 3 is 2.80 bits per heavy atom. The predicted molar refractivity (Wildman–Crippen MR) is 82.9 cm³/mol. The number of hydrazine groups is 1. The van der Waals surface area contributed by atoms with Crippen LogP contribution in [0.25, 0.3) is 0 Å². The predicted octanol–water partition coefficient (Wildman–Crippen LogP) is 1.24. The Morgan fingerprint density at radius 2 is 2.25 bits per heavy atom. The second-order valence-corrected chi connectivity index (χ2v) is 7.01. The number of aryl methyl sites for hydroxylation is 2. The Hall–Kier alpha value is -0.530. The molecule has 5 nitrogen and oxygen atoms in total. The number of hydrogen-bond acceptors (Lipinski definition) is 6. The van der Waals surface area contributed by atoms with Crippen LogP contribution in [0.4, 0.5) is 0 Å². The first-order valence-corrected chi connectivity index (χ1v) is 8.07. The maximum Gasteiger partial charge on any atom is 0.0947 e. The molecule has 0 bridgehead atoms. The number of nitrogens with one attached hydrogen (secondary N) is 1. The van der Waals surface area contributed by atoms with Gasteiger partial charge in [-0.25, -0.2) is 4.98 Å². The summed E-state index contributed by atoms with van der Waals surface area (Å²) in [4.78, 5) is 8.32. The van der Waals surface area contributed by atoms with Crippen molar-refractivity contribution in [2.24, 2.45) is 5.84 Å². The van der Waals surface area contributed by atoms with Gasteiger partial charge in [-0.15, -0.1) is 11.3 Å². The summed E-state index contributed by atoms with van der Waals surface area (Å²) in [6.07, 6.45) is 0.951. The van der Waals surface area contributed by atoms with E-state index in [1.807, 2.05) is 0 Å². The Morgan fingerprint density at radius 1 is 1.50 bits per heavy atom. The van der Waals surface area contributed by atoms with E-state index in [9.17, 15) is 0 Å². The van der Waals surface area contributed by atoms with E-state index in [1.165, 1.54) is 4.88 Å². The molecular formula is C14H26N4OS. The standard InChI is InChI=1S/C14H26N4OS/c1-9(2)18-5-6-19-13(8-18)12(17-15)7-14-16-10(3)11(4)20-14/h9,12-13,17H,5-8,15H2,1-4H3. The van der Waals surface area contributed by atoms with E-state index in [-0.39, 0.29) is 12.1 Å². The van der Waals surface area contributed by atoms with Gasteiger partial charge in [-0.2, -0.15) is 0 Å². The van der Waals surface area contributed by atoms with Gasteiger partial charge in [0.2, 0.25) is 0 Å². The zero-order valence-electron chi connectivity index (χ0n) is 12.8. The smallest absolute Gasteiger partial charge is 0.0947 e. The SMILES string of the molecule is Cc1nc(CC(NN)C2CN(C(C)C)CCO2)sc1C. The lowest BCUT2D eigenvalue weighted by Crippen LogP contribution is -2.56. The quantitative estimate of drug-likeness (QED) is 0.632. The summed E-state index contributed by atoms with van der Waals surface area (Å²) in [6.45, 7) is 11.3. The zero-order chi connectivity index (χ0) is 14.7. The molecule has 114 valence electrons. The summed E-state index contributed by atoms with van der Waals surface area (Å²) in [6, 6.07) is 0.658. The molecule has 6 heteroatoms. The number of ether oxygens (including phenoxy) is 1. The van der Waals surface area contributed by atoms with Crippen LogP contribution in [0.2, 0.25) is 0 Å². The van der Waals surface area contributed by atoms with Crippen molar-refractivity contribution in [3.05, 3.63) is 15.6 Å². The fraction of sp³-hybridized carbons (Fsp3) is 0.786. The van der Waals surface area contributed by atoms with E-state index < -0.39 is 0 Å². The van der Waals surface area contributed by atoms with Gasteiger partial charge < -0.3 is 4.74 Å². The fourth-order valence-corrected chi connectivity index (χ4v) is 3.51. The molecule has 1 aromatic heterocycles. The molecule has 2 heterocycles. The highest BCUT2D eigenvalue weighted by Crippen LogP contribution is 2.20. The molecular weight excluding hydrogens is 272 g/mol. The largest absolute Gasteiger partial charge is 0.374 e. The van der Waals surface area contributed by atoms with E-state index >= 15 is 0 Å². The molecule has 0 aromatic carbocycles. The molecule has 3 N–H and O–H groups in total. The van der Waals surface area contributed by atoms with Crippen molar-refractivity contribution < 1.29 is 4.74 Å². The topological polar surface area (TPSA) is 63.4 Å². The van der Waals surface area contributed by atoms with Gasteiger partial charge in [0.25, 0.3) is 0 Å². The van der Waals surface area contributed by atoms with Gasteiger partial charge in [0.15, 0.2) is 0 Å². The summed E-state index contributed by atoms with van der Waals surface area (Å²) >= 11 is 1.75. The highest BCUT2D eigenvalue weighted by molar-refractivity contribution is 7.11. The normalized spacial score (nSPS) is 22.4. The molecule has 2 atom stereocenters. The minimum atomic E-state index is 0.112. The average molecular weight is 298 g/mol. The van der Waals surface area contributed by atoms with Crippen molar-refractivity contribution in [2.45, 2.75) is 52.3 Å². The van der Waals surface area contributed by atoms with Crippen LogP contribution in [0.5, 0.6) is 0 Å². The van der Waals surface area contributed by atoms with Crippen molar-refractivity contribution in [2.75, 3.05) is 19.7 Å². The minimum Gasteiger partial charge on any atom is -0.374 e. The van der Waals surface area contributed by atoms with Gasteiger partial charge in [-0.05, 0) is 27.7 Å². The molecule has 0 aliphatic carbocycles. The Labute approximate surface area is 125 Å². The van der Waals surface area contributed by atoms with Crippen LogP contribution in [0, 0.1) is 13.8 Å². The highest BCUT2D eigenvalue weighted by Gasteiger charge is 2.29. The van der Waals surface area contributed by atoms with Gasteiger partial charge in [-0.3, -0.25) is 16.2 Å². The van der Waals surface area contributed by atoms with Crippen LogP contribution in [0.1, 0.15) is 29.4 Å². The number of rotatable bonds is 5. The Bertz CT molecular complexity index is 415. The van der Waals surface area contributed by atoms with Gasteiger partial charge in [-0.1, -0.05) is 0 Å². The molecule has 2 unspecified atom stereocenters. The molecule has 1 aromatic rings. The second-order valence-electron chi connectivity index (χ2n) is 5.72. The Kier molecular flexibility index (Phi) is 5.51. The third-order valence-corrected chi connectivity index (χ3v) is 5.08. The van der Waals surface area contributed by atoms with Crippen LogP contribution in [0.3, 0.4) is 0 Å². The van der Waals surface area contributed by atoms with Gasteiger partial charge >= 0.3 is 0 Å². The summed E-state index contributed by atoms with van der Waals surface area (Å²) in [7, 11) is 0. The third-order valence-electron chi connectivity index (χ3n) is 3.99. The molecule has 1 fully saturated rings. The van der Waals surface area contributed by atoms with Gasteiger partial charge in [0, 0.05) is 30.4 Å². The average Bonchev–Trinajstić information content (AvgIpc) is 2.75. The number of aromatic nitrogens is 1. The molecule has 20 heavy (non-hydrogen) atoms. The van der Waals surface area contributed by atoms with Crippen LogP contribution in [0.15, 0.2) is 0 Å². The summed E-state index contributed by atoms with van der Waals surface area (Å²) < 4.78 is 5.91. The molecule has 0 amide bonds. The number of hydrogen-bond donors (Lipinski definition) is 2. The minimum absolute atomic E-state index is 0.112. The zero-order valence-corrected chi connectivity index (χ0v) is 13.7. The number of nitrogens with zero attached hydrogens (tertiary/aromatic N) is 2. The maximum absolute atomic E-state index is 5.91. The van der Waals surface area contributed by atoms with E-state index in [0.717, 1.165) is 36.8 Å². The molecule has 2 rings (SSSR count). The first kappa shape index (κ1) is 15.9. The first-order valence-electron chi connectivity index (χ1n) is 7.26. The summed E-state index contributed by atoms with van der Waals surface area (Å²) in [5, 5.41) is 1.13. The van der Waals surface area contributed by atoms with E-state index in [4.69, 9.17) is 10.6 Å². The van der Waals surface area contributed by atoms with Crippen LogP contribution in [-0.4, -0.2) is 47.8 Å². The van der Waals surface area contributed by atoms with Crippen LogP contribution in [-0.2, 0) is 11.2 Å². The third kappa shape index (κ3) is 3.77. The van der Waals surface area contributed by atoms with Crippen LogP contribution >= 0.6 is 11.3 Å². The molecule has 1 aliphatic heterocycles. The molecule has 0 radical (unpaired) electrons. The number of morpholine rings is 1. The molecule has 1 saturated heterocycles. The van der Waals surface area contributed by atoms with Crippen molar-refractivity contribution in [3.63, 3.8) is 0 Å². The van der Waals surface area contributed by atoms with Gasteiger partial charge in [0.1, 0.15) is 0 Å². The summed E-state index contributed by atoms with van der Waals surface area (Å²) in [5.41, 5.74) is 4.04. The first-order chi connectivity index (χ1) is 9.51. The fourth-order valence-electron chi connectivity index (χ4n) is 2.52. The van der Waals surface area contributed by atoms with E-state index in [0.29, 0.717) is 6.04 Å². The van der Waals surface area contributed by atoms with Crippen molar-refractivity contribution in [1.29, 1.82) is 0 Å². The number of thiazole rings is 1. The van der Waals surface area contributed by atoms with Crippen molar-refractivity contribution in [3.8, 4) is 0 Å². The monoisotopic (exact) mass is 298 g/mol. The molecule has 0 saturated carbocycles. The Balaban J connectivity index is 2.00. The van der Waals surface area contributed by atoms with E-state index in [1.54, 1.807) is 11.3 Å². The second kappa shape index (κ2) is 6.95. The highest BCUT2D eigenvalue weighted by atomic mass is 32.1. The lowest BCUT2D eigenvalue weighted by Gasteiger charge is -2.38. The van der Waals surface area contributed by atoms with Crippen molar-refractivity contribution in [1.82, 2.24) is 15.3 Å². The van der Waals surface area contributed by atoms with Crippen LogP contribution < -0.4 is 11.3 Å². The molecule has 0 spiro atoms. The molecule has 1 aliphatic rings. The lowest BCUT2D eigenvalue weighted by atomic mass is 10.1. The lowest BCUT2D eigenvalue weighted by molar-refractivity contribution is -0.0552. The van der Waals surface area contributed by atoms with E-state index in [2.05, 4.69) is 43.0 Å². The maximum atomic E-state index is 5.91. The summed E-state index contributed by atoms with van der Waals surface area (Å²) in [5.74, 6) is 5.75.